The van der Waals surface area contributed by atoms with Gasteiger partial charge in [0.2, 0.25) is 0 Å². The van der Waals surface area contributed by atoms with Crippen LogP contribution in [-0.4, -0.2) is 23.6 Å². The van der Waals surface area contributed by atoms with Crippen LogP contribution in [0.15, 0.2) is 54.6 Å². The number of amides is 1. The molecule has 5 heteroatoms. The second-order valence-corrected chi connectivity index (χ2v) is 4.76. The first-order valence-electron chi connectivity index (χ1n) is 7.35. The van der Waals surface area contributed by atoms with Crippen LogP contribution in [0, 0.1) is 0 Å². The maximum absolute atomic E-state index is 11.9. The summed E-state index contributed by atoms with van der Waals surface area (Å²) < 4.78 is 4.42. The zero-order valence-corrected chi connectivity index (χ0v) is 13.1. The van der Waals surface area contributed by atoms with Gasteiger partial charge in [-0.15, -0.1) is 0 Å². The summed E-state index contributed by atoms with van der Waals surface area (Å²) in [4.78, 5) is 21.8. The fourth-order valence-corrected chi connectivity index (χ4v) is 1.69. The summed E-state index contributed by atoms with van der Waals surface area (Å²) >= 11 is 0. The number of hydrogen-bond donors (Lipinski definition) is 2. The number of phenolic OH excluding ortho intramolecular Hbond substituents is 1. The van der Waals surface area contributed by atoms with Gasteiger partial charge in [-0.25, -0.2) is 4.79 Å². The van der Waals surface area contributed by atoms with Crippen LogP contribution >= 0.6 is 0 Å². The average Bonchev–Trinajstić information content (AvgIpc) is 2.56. The summed E-state index contributed by atoms with van der Waals surface area (Å²) in [5, 5.41) is 9.10. The van der Waals surface area contributed by atoms with Crippen LogP contribution in [0.3, 0.4) is 0 Å². The molecule has 0 heterocycles. The summed E-state index contributed by atoms with van der Waals surface area (Å²) in [5.41, 5.74) is 5.91. The summed E-state index contributed by atoms with van der Waals surface area (Å²) in [6.07, 6.45) is 1.23. The second-order valence-electron chi connectivity index (χ2n) is 4.76. The van der Waals surface area contributed by atoms with Crippen molar-refractivity contribution in [2.75, 3.05) is 6.61 Å². The average molecular weight is 315 g/mol. The summed E-state index contributed by atoms with van der Waals surface area (Å²) in [6.45, 7) is 2.47. The molecule has 0 aliphatic rings. The molecule has 0 saturated heterocycles. The minimum absolute atomic E-state index is 0.0319. The van der Waals surface area contributed by atoms with Crippen LogP contribution in [0.1, 0.15) is 35.7 Å². The number of nitrogens with two attached hydrogens (primary N) is 1. The molecule has 1 amide bonds. The molecular formula is C18H21NO4. The third-order valence-corrected chi connectivity index (χ3v) is 2.91. The maximum atomic E-state index is 11.9. The standard InChI is InChI=1S/C13H10O2.C5H11NO2/c14-12-8-6-11(7-9-12)13(15)10-4-2-1-3-5-10;1-2-3-4-8-5(6)7/h1-9,14H;2-4H2,1H3,(H2,6,7). The number of ketones is 1. The number of primary amides is 1. The van der Waals surface area contributed by atoms with E-state index < -0.39 is 6.09 Å². The van der Waals surface area contributed by atoms with Gasteiger partial charge in [-0.2, -0.15) is 0 Å². The number of unbranched alkanes of at least 4 members (excludes halogenated alkanes) is 1. The van der Waals surface area contributed by atoms with E-state index in [0.29, 0.717) is 17.7 Å². The van der Waals surface area contributed by atoms with E-state index >= 15 is 0 Å². The van der Waals surface area contributed by atoms with Crippen molar-refractivity contribution >= 4 is 11.9 Å². The van der Waals surface area contributed by atoms with Crippen LogP contribution in [0.25, 0.3) is 0 Å². The Kier molecular flexibility index (Phi) is 7.92. The zero-order valence-electron chi connectivity index (χ0n) is 13.1. The SMILES string of the molecule is CCCCOC(N)=O.O=C(c1ccccc1)c1ccc(O)cc1. The highest BCUT2D eigenvalue weighted by molar-refractivity contribution is 6.08. The quantitative estimate of drug-likeness (QED) is 0.652. The van der Waals surface area contributed by atoms with Gasteiger partial charge < -0.3 is 15.6 Å². The Labute approximate surface area is 135 Å². The van der Waals surface area contributed by atoms with E-state index in [0.717, 1.165) is 12.8 Å². The van der Waals surface area contributed by atoms with Gasteiger partial charge in [-0.05, 0) is 30.7 Å². The Hall–Kier alpha value is -2.82. The molecule has 0 spiro atoms. The lowest BCUT2D eigenvalue weighted by Gasteiger charge is -2.00. The van der Waals surface area contributed by atoms with E-state index in [1.807, 2.05) is 25.1 Å². The molecule has 2 rings (SSSR count). The Balaban J connectivity index is 0.000000284. The fraction of sp³-hybridized carbons (Fsp3) is 0.222. The third-order valence-electron chi connectivity index (χ3n) is 2.91. The molecule has 3 N–H and O–H groups in total. The molecule has 5 nitrogen and oxygen atoms in total. The molecule has 2 aromatic carbocycles. The Morgan fingerprint density at radius 1 is 1.00 bits per heavy atom. The van der Waals surface area contributed by atoms with Crippen molar-refractivity contribution in [3.8, 4) is 5.75 Å². The van der Waals surface area contributed by atoms with Crippen molar-refractivity contribution in [1.82, 2.24) is 0 Å². The first kappa shape index (κ1) is 18.2. The van der Waals surface area contributed by atoms with Gasteiger partial charge in [0.05, 0.1) is 6.61 Å². The van der Waals surface area contributed by atoms with Crippen molar-refractivity contribution < 1.29 is 19.4 Å². The highest BCUT2D eigenvalue weighted by atomic mass is 16.5. The van der Waals surface area contributed by atoms with Gasteiger partial charge in [0, 0.05) is 11.1 Å². The number of phenols is 1. The Bertz CT molecular complexity index is 609. The molecule has 23 heavy (non-hydrogen) atoms. The number of aromatic hydroxyl groups is 1. The smallest absolute Gasteiger partial charge is 0.404 e. The van der Waals surface area contributed by atoms with Gasteiger partial charge in [-0.1, -0.05) is 43.7 Å². The second kappa shape index (κ2) is 10.00. The highest BCUT2D eigenvalue weighted by Crippen LogP contribution is 2.13. The third kappa shape index (κ3) is 7.13. The van der Waals surface area contributed by atoms with Crippen LogP contribution in [0.4, 0.5) is 4.79 Å². The Morgan fingerprint density at radius 3 is 2.09 bits per heavy atom. The minimum Gasteiger partial charge on any atom is -0.508 e. The summed E-state index contributed by atoms with van der Waals surface area (Å²) in [7, 11) is 0. The molecule has 0 aliphatic heterocycles. The van der Waals surface area contributed by atoms with Gasteiger partial charge in [0.15, 0.2) is 5.78 Å². The van der Waals surface area contributed by atoms with Crippen molar-refractivity contribution in [3.63, 3.8) is 0 Å². The highest BCUT2D eigenvalue weighted by Gasteiger charge is 2.07. The molecule has 0 aliphatic carbocycles. The van der Waals surface area contributed by atoms with Crippen LogP contribution in [0.5, 0.6) is 5.75 Å². The normalized spacial score (nSPS) is 9.43. The molecule has 0 fully saturated rings. The molecule has 0 aromatic heterocycles. The number of carbonyl (C=O) groups excluding carboxylic acids is 2. The minimum atomic E-state index is -0.682. The number of hydrogen-bond acceptors (Lipinski definition) is 4. The molecule has 0 atom stereocenters. The van der Waals surface area contributed by atoms with Gasteiger partial charge in [0.25, 0.3) is 0 Å². The number of rotatable bonds is 5. The zero-order chi connectivity index (χ0) is 17.1. The first-order chi connectivity index (χ1) is 11.0. The van der Waals surface area contributed by atoms with Gasteiger partial charge in [0.1, 0.15) is 5.75 Å². The monoisotopic (exact) mass is 315 g/mol. The topological polar surface area (TPSA) is 89.6 Å². The molecule has 122 valence electrons. The lowest BCUT2D eigenvalue weighted by atomic mass is 10.0. The van der Waals surface area contributed by atoms with Crippen LogP contribution in [0.2, 0.25) is 0 Å². The molecule has 0 unspecified atom stereocenters. The molecule has 2 aromatic rings. The van der Waals surface area contributed by atoms with E-state index in [9.17, 15) is 9.59 Å². The van der Waals surface area contributed by atoms with Crippen LogP contribution in [-0.2, 0) is 4.74 Å². The van der Waals surface area contributed by atoms with E-state index in [1.54, 1.807) is 24.3 Å². The molecule has 0 bridgehead atoms. The molecule has 0 radical (unpaired) electrons. The molecule has 0 saturated carbocycles. The van der Waals surface area contributed by atoms with Crippen molar-refractivity contribution in [2.24, 2.45) is 5.73 Å². The summed E-state index contributed by atoms with van der Waals surface area (Å²) in [6, 6.07) is 15.3. The van der Waals surface area contributed by atoms with E-state index in [2.05, 4.69) is 10.5 Å². The van der Waals surface area contributed by atoms with Crippen molar-refractivity contribution in [2.45, 2.75) is 19.8 Å². The number of benzene rings is 2. The predicted molar refractivity (Wildman–Crippen MR) is 88.4 cm³/mol. The van der Waals surface area contributed by atoms with E-state index in [4.69, 9.17) is 5.11 Å². The van der Waals surface area contributed by atoms with Gasteiger partial charge >= 0.3 is 6.09 Å². The lowest BCUT2D eigenvalue weighted by Crippen LogP contribution is -2.13. The number of carbonyl (C=O) groups is 2. The first-order valence-corrected chi connectivity index (χ1v) is 7.35. The summed E-state index contributed by atoms with van der Waals surface area (Å²) in [5.74, 6) is 0.134. The van der Waals surface area contributed by atoms with Crippen molar-refractivity contribution in [1.29, 1.82) is 0 Å². The maximum Gasteiger partial charge on any atom is 0.404 e. The number of ether oxygens (including phenoxy) is 1. The predicted octanol–water partition coefficient (Wildman–Crippen LogP) is 3.51. The van der Waals surface area contributed by atoms with Crippen LogP contribution < -0.4 is 5.73 Å². The lowest BCUT2D eigenvalue weighted by molar-refractivity contribution is 0.103. The Morgan fingerprint density at radius 2 is 1.57 bits per heavy atom. The fourth-order valence-electron chi connectivity index (χ4n) is 1.69. The van der Waals surface area contributed by atoms with E-state index in [-0.39, 0.29) is 11.5 Å². The van der Waals surface area contributed by atoms with Crippen molar-refractivity contribution in [3.05, 3.63) is 65.7 Å². The van der Waals surface area contributed by atoms with Gasteiger partial charge in [-0.3, -0.25) is 4.79 Å². The van der Waals surface area contributed by atoms with E-state index in [1.165, 1.54) is 12.1 Å². The molecular weight excluding hydrogens is 294 g/mol. The largest absolute Gasteiger partial charge is 0.508 e.